The molecule has 0 radical (unpaired) electrons. The number of carbonyl (C=O) groups excluding carboxylic acids is 1. The smallest absolute Gasteiger partial charge is 0.546 e. The second-order valence-electron chi connectivity index (χ2n) is 8.81. The zero-order chi connectivity index (χ0) is 25.5. The molecule has 3 aromatic carbocycles. The summed E-state index contributed by atoms with van der Waals surface area (Å²) in [7, 11) is 1.63. The van der Waals surface area contributed by atoms with Crippen LogP contribution in [-0.2, 0) is 11.3 Å². The third-order valence-electron chi connectivity index (χ3n) is 5.59. The van der Waals surface area contributed by atoms with Crippen LogP contribution in [0.1, 0.15) is 25.8 Å². The van der Waals surface area contributed by atoms with Crippen molar-refractivity contribution in [1.82, 2.24) is 4.98 Å². The van der Waals surface area contributed by atoms with Crippen LogP contribution >= 0.6 is 0 Å². The van der Waals surface area contributed by atoms with Crippen LogP contribution in [0.5, 0.6) is 17.2 Å². The van der Waals surface area contributed by atoms with Crippen LogP contribution in [0.4, 0.5) is 6.01 Å². The zero-order valence-electron chi connectivity index (χ0n) is 21.6. The van der Waals surface area contributed by atoms with Gasteiger partial charge < -0.3 is 33.4 Å². The molecule has 0 aliphatic heterocycles. The fourth-order valence-corrected chi connectivity index (χ4v) is 3.62. The van der Waals surface area contributed by atoms with Crippen LogP contribution in [0.15, 0.2) is 77.2 Å². The summed E-state index contributed by atoms with van der Waals surface area (Å²) in [6, 6.07) is 22.9. The summed E-state index contributed by atoms with van der Waals surface area (Å²) < 4.78 is 22.7. The van der Waals surface area contributed by atoms with Gasteiger partial charge in [0.15, 0.2) is 5.58 Å². The number of nitrogens with zero attached hydrogens (tertiary/aromatic N) is 2. The van der Waals surface area contributed by atoms with Crippen molar-refractivity contribution in [2.24, 2.45) is 0 Å². The van der Waals surface area contributed by atoms with E-state index >= 15 is 0 Å². The molecule has 0 saturated carbocycles. The van der Waals surface area contributed by atoms with Gasteiger partial charge in [0.2, 0.25) is 0 Å². The first-order valence-electron chi connectivity index (χ1n) is 11.7. The molecule has 8 nitrogen and oxygen atoms in total. The quantitative estimate of drug-likeness (QED) is 0.207. The number of carbonyl (C=O) groups is 1. The summed E-state index contributed by atoms with van der Waals surface area (Å²) >= 11 is 0. The SMILES string of the molecule is COc1ccc(OCCCN(Cc2cccc(OC(C)(C)C(=O)[O-])c2)c2nc3ccccc3o2)cc1.[Na+]. The van der Waals surface area contributed by atoms with E-state index in [4.69, 9.17) is 18.6 Å². The summed E-state index contributed by atoms with van der Waals surface area (Å²) in [5.74, 6) is 0.711. The Balaban J connectivity index is 0.00000380. The second kappa shape index (κ2) is 12.9. The van der Waals surface area contributed by atoms with E-state index in [0.717, 1.165) is 29.0 Å². The maximum absolute atomic E-state index is 11.4. The van der Waals surface area contributed by atoms with Crippen molar-refractivity contribution in [3.63, 3.8) is 0 Å². The predicted octanol–water partition coefficient (Wildman–Crippen LogP) is 1.22. The van der Waals surface area contributed by atoms with Gasteiger partial charge in [0, 0.05) is 13.1 Å². The number of aliphatic carboxylic acids is 1. The molecule has 0 spiro atoms. The molecule has 0 atom stereocenters. The van der Waals surface area contributed by atoms with Gasteiger partial charge >= 0.3 is 29.6 Å². The van der Waals surface area contributed by atoms with Crippen LogP contribution in [0.2, 0.25) is 0 Å². The van der Waals surface area contributed by atoms with Gasteiger partial charge in [0.05, 0.1) is 19.7 Å². The maximum Gasteiger partial charge on any atom is 1.00 e. The maximum atomic E-state index is 11.4. The third kappa shape index (κ3) is 7.64. The Morgan fingerprint density at radius 1 is 1.00 bits per heavy atom. The number of para-hydroxylation sites is 2. The summed E-state index contributed by atoms with van der Waals surface area (Å²) in [4.78, 5) is 18.0. The average Bonchev–Trinajstić information content (AvgIpc) is 3.30. The zero-order valence-corrected chi connectivity index (χ0v) is 23.6. The van der Waals surface area contributed by atoms with Crippen LogP contribution in [0.25, 0.3) is 11.1 Å². The van der Waals surface area contributed by atoms with Gasteiger partial charge in [-0.05, 0) is 74.4 Å². The second-order valence-corrected chi connectivity index (χ2v) is 8.81. The van der Waals surface area contributed by atoms with Gasteiger partial charge in [-0.1, -0.05) is 24.3 Å². The molecule has 0 bridgehead atoms. The number of fused-ring (bicyclic) bond motifs is 1. The Labute approximate surface area is 238 Å². The third-order valence-corrected chi connectivity index (χ3v) is 5.59. The molecule has 0 aliphatic rings. The van der Waals surface area contributed by atoms with Crippen molar-refractivity contribution in [3.8, 4) is 17.2 Å². The molecule has 0 saturated heterocycles. The fraction of sp³-hybridized carbons (Fsp3) is 0.286. The van der Waals surface area contributed by atoms with E-state index in [9.17, 15) is 9.90 Å². The molecule has 37 heavy (non-hydrogen) atoms. The molecule has 4 rings (SSSR count). The predicted molar refractivity (Wildman–Crippen MR) is 134 cm³/mol. The first-order chi connectivity index (χ1) is 17.3. The molecule has 0 amide bonds. The first kappa shape index (κ1) is 28.4. The minimum Gasteiger partial charge on any atom is -0.546 e. The van der Waals surface area contributed by atoms with E-state index in [1.807, 2.05) is 71.6 Å². The van der Waals surface area contributed by atoms with E-state index in [0.29, 0.717) is 37.0 Å². The van der Waals surface area contributed by atoms with Crippen molar-refractivity contribution in [1.29, 1.82) is 0 Å². The number of hydrogen-bond donors (Lipinski definition) is 0. The molecule has 0 fully saturated rings. The first-order valence-corrected chi connectivity index (χ1v) is 11.7. The van der Waals surface area contributed by atoms with Gasteiger partial charge in [0.1, 0.15) is 28.4 Å². The Morgan fingerprint density at radius 3 is 2.43 bits per heavy atom. The largest absolute Gasteiger partial charge is 1.00 e. The van der Waals surface area contributed by atoms with E-state index in [-0.39, 0.29) is 29.6 Å². The minimum atomic E-state index is -1.45. The topological polar surface area (TPSA) is 97.1 Å². The Kier molecular flexibility index (Phi) is 9.86. The van der Waals surface area contributed by atoms with Gasteiger partial charge in [-0.3, -0.25) is 0 Å². The normalized spacial score (nSPS) is 11.0. The molecular weight excluding hydrogens is 483 g/mol. The number of carboxylic acid groups (broad SMARTS) is 1. The number of ether oxygens (including phenoxy) is 3. The Hall–Kier alpha value is -3.20. The van der Waals surface area contributed by atoms with E-state index in [2.05, 4.69) is 4.98 Å². The number of methoxy groups -OCH3 is 1. The van der Waals surface area contributed by atoms with Crippen LogP contribution < -0.4 is 53.8 Å². The summed E-state index contributed by atoms with van der Waals surface area (Å²) in [6.07, 6.45) is 0.721. The van der Waals surface area contributed by atoms with E-state index in [1.54, 1.807) is 13.2 Å². The monoisotopic (exact) mass is 512 g/mol. The van der Waals surface area contributed by atoms with Crippen molar-refractivity contribution < 1.29 is 58.1 Å². The molecular formula is C28H29N2NaO6. The number of oxazole rings is 1. The number of hydrogen-bond acceptors (Lipinski definition) is 8. The molecule has 1 heterocycles. The van der Waals surface area contributed by atoms with Gasteiger partial charge in [-0.25, -0.2) is 0 Å². The summed E-state index contributed by atoms with van der Waals surface area (Å²) in [5, 5.41) is 11.4. The number of benzene rings is 3. The minimum absolute atomic E-state index is 0. The van der Waals surface area contributed by atoms with Crippen LogP contribution in [-0.4, -0.2) is 36.8 Å². The van der Waals surface area contributed by atoms with Crippen LogP contribution in [0, 0.1) is 0 Å². The fourth-order valence-electron chi connectivity index (χ4n) is 3.62. The Morgan fingerprint density at radius 2 is 1.73 bits per heavy atom. The van der Waals surface area contributed by atoms with Gasteiger partial charge in [-0.2, -0.15) is 4.98 Å². The van der Waals surface area contributed by atoms with Gasteiger partial charge in [0.25, 0.3) is 6.01 Å². The molecule has 4 aromatic rings. The Bertz CT molecular complexity index is 1270. The van der Waals surface area contributed by atoms with Crippen molar-refractivity contribution in [2.75, 3.05) is 25.2 Å². The molecule has 0 aliphatic carbocycles. The number of carboxylic acids is 1. The molecule has 188 valence electrons. The summed E-state index contributed by atoms with van der Waals surface area (Å²) in [6.45, 7) is 4.54. The van der Waals surface area contributed by atoms with Crippen LogP contribution in [0.3, 0.4) is 0 Å². The van der Waals surface area contributed by atoms with Crippen molar-refractivity contribution in [3.05, 3.63) is 78.4 Å². The number of aromatic nitrogens is 1. The van der Waals surface area contributed by atoms with Gasteiger partial charge in [-0.15, -0.1) is 0 Å². The molecule has 1 aromatic heterocycles. The average molecular weight is 513 g/mol. The standard InChI is InChI=1S/C28H30N2O6.Na/c1-28(2,26(31)32)36-23-9-6-8-20(18-23)19-30(27-29-24-10-4-5-11-25(24)35-27)16-7-17-34-22-14-12-21(33-3)13-15-22;/h4-6,8-15,18H,7,16-17,19H2,1-3H3,(H,31,32);/q;+1/p-1. The summed E-state index contributed by atoms with van der Waals surface area (Å²) in [5.41, 5.74) is 0.955. The van der Waals surface area contributed by atoms with Crippen molar-refractivity contribution in [2.45, 2.75) is 32.4 Å². The van der Waals surface area contributed by atoms with Crippen molar-refractivity contribution >= 4 is 23.1 Å². The molecule has 0 N–H and O–H groups in total. The number of rotatable bonds is 12. The molecule has 0 unspecified atom stereocenters. The van der Waals surface area contributed by atoms with E-state index in [1.165, 1.54) is 13.8 Å². The number of anilines is 1. The molecule has 9 heteroatoms. The van der Waals surface area contributed by atoms with E-state index < -0.39 is 11.6 Å².